The molecule has 1 unspecified atom stereocenters. The molecule has 1 atom stereocenters. The SMILES string of the molecule is CCCC(NC(=O)Cc1ccc(F)cc1)C(=O)O. The minimum absolute atomic E-state index is 0.0494. The van der Waals surface area contributed by atoms with Crippen molar-refractivity contribution in [3.8, 4) is 0 Å². The molecule has 0 aliphatic rings. The summed E-state index contributed by atoms with van der Waals surface area (Å²) < 4.78 is 12.7. The van der Waals surface area contributed by atoms with Crippen molar-refractivity contribution in [3.05, 3.63) is 35.6 Å². The average molecular weight is 253 g/mol. The van der Waals surface area contributed by atoms with Gasteiger partial charge in [0.2, 0.25) is 5.91 Å². The fourth-order valence-corrected chi connectivity index (χ4v) is 1.58. The van der Waals surface area contributed by atoms with Crippen LogP contribution in [-0.4, -0.2) is 23.0 Å². The van der Waals surface area contributed by atoms with Crippen molar-refractivity contribution in [2.75, 3.05) is 0 Å². The van der Waals surface area contributed by atoms with Crippen molar-refractivity contribution in [2.24, 2.45) is 0 Å². The maximum Gasteiger partial charge on any atom is 0.326 e. The highest BCUT2D eigenvalue weighted by molar-refractivity contribution is 5.84. The first kappa shape index (κ1) is 14.2. The Bertz CT molecular complexity index is 417. The van der Waals surface area contributed by atoms with Gasteiger partial charge in [0.25, 0.3) is 0 Å². The number of carboxylic acids is 1. The molecule has 1 aromatic rings. The second-order valence-electron chi connectivity index (χ2n) is 4.05. The van der Waals surface area contributed by atoms with Crippen molar-refractivity contribution in [1.29, 1.82) is 0 Å². The number of carboxylic acid groups (broad SMARTS) is 1. The Morgan fingerprint density at radius 1 is 1.33 bits per heavy atom. The molecule has 18 heavy (non-hydrogen) atoms. The van der Waals surface area contributed by atoms with Gasteiger partial charge in [-0.1, -0.05) is 25.5 Å². The summed E-state index contributed by atoms with van der Waals surface area (Å²) in [4.78, 5) is 22.5. The zero-order chi connectivity index (χ0) is 13.5. The molecule has 2 N–H and O–H groups in total. The topological polar surface area (TPSA) is 66.4 Å². The van der Waals surface area contributed by atoms with E-state index in [1.807, 2.05) is 6.92 Å². The number of benzene rings is 1. The standard InChI is InChI=1S/C13H16FNO3/c1-2-3-11(13(17)18)15-12(16)8-9-4-6-10(14)7-5-9/h4-7,11H,2-3,8H2,1H3,(H,15,16)(H,17,18). The minimum atomic E-state index is -1.04. The summed E-state index contributed by atoms with van der Waals surface area (Å²) in [5, 5.41) is 11.3. The fraction of sp³-hybridized carbons (Fsp3) is 0.385. The maximum absolute atomic E-state index is 12.7. The van der Waals surface area contributed by atoms with E-state index in [2.05, 4.69) is 5.32 Å². The Balaban J connectivity index is 2.54. The van der Waals surface area contributed by atoms with Gasteiger partial charge in [0.1, 0.15) is 11.9 Å². The second kappa shape index (κ2) is 6.74. The van der Waals surface area contributed by atoms with Crippen molar-refractivity contribution in [3.63, 3.8) is 0 Å². The third kappa shape index (κ3) is 4.53. The van der Waals surface area contributed by atoms with Gasteiger partial charge in [0.15, 0.2) is 0 Å². The van der Waals surface area contributed by atoms with Gasteiger partial charge < -0.3 is 10.4 Å². The first-order valence-electron chi connectivity index (χ1n) is 5.79. The van der Waals surface area contributed by atoms with Crippen LogP contribution in [0.5, 0.6) is 0 Å². The number of carbonyl (C=O) groups is 2. The number of carbonyl (C=O) groups excluding carboxylic acids is 1. The zero-order valence-electron chi connectivity index (χ0n) is 10.1. The summed E-state index contributed by atoms with van der Waals surface area (Å²) in [5.41, 5.74) is 0.648. The summed E-state index contributed by atoms with van der Waals surface area (Å²) in [5.74, 6) is -1.78. The van der Waals surface area contributed by atoms with E-state index in [-0.39, 0.29) is 18.1 Å². The summed E-state index contributed by atoms with van der Waals surface area (Å²) in [6.45, 7) is 1.85. The zero-order valence-corrected chi connectivity index (χ0v) is 10.1. The Morgan fingerprint density at radius 2 is 1.94 bits per heavy atom. The molecule has 0 bridgehead atoms. The van der Waals surface area contributed by atoms with Crippen LogP contribution in [0.4, 0.5) is 4.39 Å². The number of aliphatic carboxylic acids is 1. The molecular formula is C13H16FNO3. The predicted molar refractivity (Wildman–Crippen MR) is 64.6 cm³/mol. The number of hydrogen-bond donors (Lipinski definition) is 2. The van der Waals surface area contributed by atoms with E-state index in [1.54, 1.807) is 0 Å². The summed E-state index contributed by atoms with van der Waals surface area (Å²) in [6, 6.07) is 4.68. The molecule has 0 aliphatic carbocycles. The third-order valence-electron chi connectivity index (χ3n) is 2.49. The maximum atomic E-state index is 12.7. The first-order valence-corrected chi connectivity index (χ1v) is 5.79. The van der Waals surface area contributed by atoms with Crippen LogP contribution < -0.4 is 5.32 Å². The Morgan fingerprint density at radius 3 is 2.44 bits per heavy atom. The smallest absolute Gasteiger partial charge is 0.326 e. The molecule has 0 radical (unpaired) electrons. The van der Waals surface area contributed by atoms with Crippen molar-refractivity contribution >= 4 is 11.9 Å². The molecular weight excluding hydrogens is 237 g/mol. The molecule has 1 amide bonds. The van der Waals surface area contributed by atoms with E-state index in [0.717, 1.165) is 0 Å². The average Bonchev–Trinajstić information content (AvgIpc) is 2.31. The van der Waals surface area contributed by atoms with Gasteiger partial charge in [0, 0.05) is 0 Å². The molecule has 0 spiro atoms. The molecule has 0 heterocycles. The summed E-state index contributed by atoms with van der Waals surface area (Å²) >= 11 is 0. The van der Waals surface area contributed by atoms with Crippen LogP contribution in [0, 0.1) is 5.82 Å². The van der Waals surface area contributed by atoms with Gasteiger partial charge >= 0.3 is 5.97 Å². The van der Waals surface area contributed by atoms with Crippen LogP contribution in [0.25, 0.3) is 0 Å². The Hall–Kier alpha value is -1.91. The summed E-state index contributed by atoms with van der Waals surface area (Å²) in [6.07, 6.45) is 1.12. The largest absolute Gasteiger partial charge is 0.480 e. The van der Waals surface area contributed by atoms with Gasteiger partial charge in [-0.3, -0.25) is 4.79 Å². The second-order valence-corrected chi connectivity index (χ2v) is 4.05. The van der Waals surface area contributed by atoms with Crippen molar-refractivity contribution in [1.82, 2.24) is 5.32 Å². The van der Waals surface area contributed by atoms with Crippen LogP contribution in [0.15, 0.2) is 24.3 Å². The van der Waals surface area contributed by atoms with Crippen LogP contribution in [0.2, 0.25) is 0 Å². The lowest BCUT2D eigenvalue weighted by molar-refractivity contribution is -0.141. The number of nitrogens with one attached hydrogen (secondary N) is 1. The van der Waals surface area contributed by atoms with E-state index in [1.165, 1.54) is 24.3 Å². The van der Waals surface area contributed by atoms with Gasteiger partial charge in [-0.05, 0) is 24.1 Å². The van der Waals surface area contributed by atoms with Crippen LogP contribution in [0.1, 0.15) is 25.3 Å². The molecule has 5 heteroatoms. The molecule has 0 saturated heterocycles. The molecule has 0 fully saturated rings. The number of halogens is 1. The molecule has 0 aromatic heterocycles. The van der Waals surface area contributed by atoms with Crippen molar-refractivity contribution < 1.29 is 19.1 Å². The lowest BCUT2D eigenvalue weighted by Crippen LogP contribution is -2.41. The highest BCUT2D eigenvalue weighted by atomic mass is 19.1. The Labute approximate surface area is 105 Å². The number of rotatable bonds is 6. The van der Waals surface area contributed by atoms with Crippen LogP contribution in [-0.2, 0) is 16.0 Å². The highest BCUT2D eigenvalue weighted by Gasteiger charge is 2.18. The highest BCUT2D eigenvalue weighted by Crippen LogP contribution is 2.04. The normalized spacial score (nSPS) is 11.9. The molecule has 4 nitrogen and oxygen atoms in total. The van der Waals surface area contributed by atoms with Crippen molar-refractivity contribution in [2.45, 2.75) is 32.2 Å². The van der Waals surface area contributed by atoms with E-state index in [9.17, 15) is 14.0 Å². The number of hydrogen-bond acceptors (Lipinski definition) is 2. The van der Waals surface area contributed by atoms with Crippen LogP contribution >= 0.6 is 0 Å². The van der Waals surface area contributed by atoms with Gasteiger partial charge in [0.05, 0.1) is 6.42 Å². The quantitative estimate of drug-likeness (QED) is 0.811. The summed E-state index contributed by atoms with van der Waals surface area (Å²) in [7, 11) is 0. The lowest BCUT2D eigenvalue weighted by Gasteiger charge is -2.13. The lowest BCUT2D eigenvalue weighted by atomic mass is 10.1. The fourth-order valence-electron chi connectivity index (χ4n) is 1.58. The third-order valence-corrected chi connectivity index (χ3v) is 2.49. The molecule has 1 rings (SSSR count). The predicted octanol–water partition coefficient (Wildman–Crippen LogP) is 1.74. The van der Waals surface area contributed by atoms with E-state index < -0.39 is 12.0 Å². The molecule has 1 aromatic carbocycles. The van der Waals surface area contributed by atoms with E-state index in [4.69, 9.17) is 5.11 Å². The van der Waals surface area contributed by atoms with E-state index in [0.29, 0.717) is 18.4 Å². The molecule has 0 aliphatic heterocycles. The van der Waals surface area contributed by atoms with Gasteiger partial charge in [-0.25, -0.2) is 9.18 Å². The first-order chi connectivity index (χ1) is 8.52. The number of amides is 1. The van der Waals surface area contributed by atoms with Gasteiger partial charge in [-0.2, -0.15) is 0 Å². The molecule has 0 saturated carbocycles. The Kier molecular flexibility index (Phi) is 5.30. The van der Waals surface area contributed by atoms with E-state index >= 15 is 0 Å². The minimum Gasteiger partial charge on any atom is -0.480 e. The monoisotopic (exact) mass is 253 g/mol. The van der Waals surface area contributed by atoms with Crippen LogP contribution in [0.3, 0.4) is 0 Å². The van der Waals surface area contributed by atoms with Gasteiger partial charge in [-0.15, -0.1) is 0 Å². The molecule has 98 valence electrons.